The SMILES string of the molecule is CCOC(=O)[C@@]1(O)C[C@]2(CC)CCCN3CCc4c(n1c1ccccc41)C32. The Balaban J connectivity index is 1.86. The molecule has 0 aliphatic carbocycles. The van der Waals surface area contributed by atoms with Crippen LogP contribution in [0.3, 0.4) is 0 Å². The topological polar surface area (TPSA) is 54.7 Å². The van der Waals surface area contributed by atoms with E-state index in [9.17, 15) is 9.90 Å². The first-order chi connectivity index (χ1) is 13.1. The highest BCUT2D eigenvalue weighted by Crippen LogP contribution is 2.60. The molecule has 1 N–H and O–H groups in total. The van der Waals surface area contributed by atoms with Gasteiger partial charge >= 0.3 is 5.97 Å². The number of benzene rings is 1. The lowest BCUT2D eigenvalue weighted by atomic mass is 9.62. The van der Waals surface area contributed by atoms with Gasteiger partial charge in [0.1, 0.15) is 0 Å². The van der Waals surface area contributed by atoms with Gasteiger partial charge in [-0.25, -0.2) is 4.79 Å². The lowest BCUT2D eigenvalue weighted by Gasteiger charge is -2.57. The maximum Gasteiger partial charge on any atom is 0.360 e. The van der Waals surface area contributed by atoms with Crippen molar-refractivity contribution in [3.63, 3.8) is 0 Å². The molecule has 1 aromatic carbocycles. The van der Waals surface area contributed by atoms with Crippen molar-refractivity contribution in [2.75, 3.05) is 19.7 Å². The highest BCUT2D eigenvalue weighted by Gasteiger charge is 2.60. The first kappa shape index (κ1) is 17.3. The molecule has 5 rings (SSSR count). The Kier molecular flexibility index (Phi) is 3.72. The Morgan fingerprint density at radius 1 is 1.30 bits per heavy atom. The average molecular weight is 368 g/mol. The van der Waals surface area contributed by atoms with Crippen molar-refractivity contribution < 1.29 is 14.6 Å². The van der Waals surface area contributed by atoms with Crippen LogP contribution in [0, 0.1) is 5.41 Å². The van der Waals surface area contributed by atoms with Crippen LogP contribution in [0.4, 0.5) is 0 Å². The molecule has 4 heterocycles. The third-order valence-electron chi connectivity index (χ3n) is 7.27. The van der Waals surface area contributed by atoms with Crippen LogP contribution in [-0.2, 0) is 21.7 Å². The molecule has 1 saturated heterocycles. The van der Waals surface area contributed by atoms with Crippen molar-refractivity contribution >= 4 is 16.9 Å². The van der Waals surface area contributed by atoms with Crippen LogP contribution in [0.1, 0.15) is 56.8 Å². The number of piperidine rings is 1. The summed E-state index contributed by atoms with van der Waals surface area (Å²) in [6.07, 6.45) is 4.53. The van der Waals surface area contributed by atoms with E-state index in [1.807, 2.05) is 16.7 Å². The molecule has 3 aliphatic heterocycles. The zero-order valence-electron chi connectivity index (χ0n) is 16.2. The molecule has 5 heteroatoms. The number of ether oxygens (including phenoxy) is 1. The summed E-state index contributed by atoms with van der Waals surface area (Å²) in [4.78, 5) is 15.7. The van der Waals surface area contributed by atoms with E-state index in [4.69, 9.17) is 4.74 Å². The number of rotatable bonds is 3. The number of carbonyl (C=O) groups is 1. The second-order valence-electron chi connectivity index (χ2n) is 8.44. The molecule has 0 spiro atoms. The second kappa shape index (κ2) is 5.82. The minimum atomic E-state index is -1.63. The van der Waals surface area contributed by atoms with Crippen LogP contribution in [0.15, 0.2) is 24.3 Å². The van der Waals surface area contributed by atoms with Crippen LogP contribution in [0.2, 0.25) is 0 Å². The highest BCUT2D eigenvalue weighted by atomic mass is 16.6. The van der Waals surface area contributed by atoms with Gasteiger partial charge < -0.3 is 14.4 Å². The first-order valence-corrected chi connectivity index (χ1v) is 10.3. The van der Waals surface area contributed by atoms with Gasteiger partial charge in [-0.2, -0.15) is 0 Å². The number of esters is 1. The van der Waals surface area contributed by atoms with Gasteiger partial charge in [0.05, 0.1) is 18.2 Å². The summed E-state index contributed by atoms with van der Waals surface area (Å²) >= 11 is 0. The molecule has 5 nitrogen and oxygen atoms in total. The van der Waals surface area contributed by atoms with Crippen molar-refractivity contribution in [2.24, 2.45) is 5.41 Å². The molecule has 144 valence electrons. The summed E-state index contributed by atoms with van der Waals surface area (Å²) in [7, 11) is 0. The van der Waals surface area contributed by atoms with E-state index in [2.05, 4.69) is 24.0 Å². The molecule has 2 aromatic rings. The number of hydrogen-bond acceptors (Lipinski definition) is 4. The number of aromatic nitrogens is 1. The molecule has 0 amide bonds. The van der Waals surface area contributed by atoms with E-state index in [1.54, 1.807) is 6.92 Å². The summed E-state index contributed by atoms with van der Waals surface area (Å²) in [5.41, 5.74) is 1.71. The lowest BCUT2D eigenvalue weighted by Crippen LogP contribution is -2.60. The maximum absolute atomic E-state index is 13.1. The van der Waals surface area contributed by atoms with E-state index in [-0.39, 0.29) is 18.1 Å². The summed E-state index contributed by atoms with van der Waals surface area (Å²) < 4.78 is 7.33. The Hall–Kier alpha value is -1.85. The molecule has 1 unspecified atom stereocenters. The third kappa shape index (κ3) is 2.10. The maximum atomic E-state index is 13.1. The van der Waals surface area contributed by atoms with Crippen molar-refractivity contribution in [3.8, 4) is 0 Å². The molecule has 0 bridgehead atoms. The normalized spacial score (nSPS) is 32.3. The fraction of sp³-hybridized carbons (Fsp3) is 0.591. The van der Waals surface area contributed by atoms with E-state index in [1.165, 1.54) is 10.9 Å². The number of fused-ring (bicyclic) bond motifs is 3. The molecule has 1 fully saturated rings. The van der Waals surface area contributed by atoms with Gasteiger partial charge in [-0.05, 0) is 56.2 Å². The Labute approximate surface area is 159 Å². The summed E-state index contributed by atoms with van der Waals surface area (Å²) in [5, 5.41) is 13.0. The van der Waals surface area contributed by atoms with Gasteiger partial charge in [0.25, 0.3) is 0 Å². The largest absolute Gasteiger partial charge is 0.462 e. The third-order valence-corrected chi connectivity index (χ3v) is 7.27. The van der Waals surface area contributed by atoms with Crippen molar-refractivity contribution in [2.45, 2.75) is 57.7 Å². The van der Waals surface area contributed by atoms with Crippen molar-refractivity contribution in [3.05, 3.63) is 35.5 Å². The van der Waals surface area contributed by atoms with Crippen LogP contribution >= 0.6 is 0 Å². The molecule has 27 heavy (non-hydrogen) atoms. The molecule has 0 radical (unpaired) electrons. The molecule has 3 aliphatic rings. The number of nitrogens with zero attached hydrogens (tertiary/aromatic N) is 2. The number of carbonyl (C=O) groups excluding carboxylic acids is 1. The first-order valence-electron chi connectivity index (χ1n) is 10.3. The predicted octanol–water partition coefficient (Wildman–Crippen LogP) is 3.34. The second-order valence-corrected chi connectivity index (χ2v) is 8.44. The fourth-order valence-corrected chi connectivity index (χ4v) is 6.18. The summed E-state index contributed by atoms with van der Waals surface area (Å²) in [6, 6.07) is 8.48. The van der Waals surface area contributed by atoms with Crippen molar-refractivity contribution in [1.82, 2.24) is 9.47 Å². The number of para-hydroxylation sites is 1. The van der Waals surface area contributed by atoms with E-state index in [0.717, 1.165) is 50.0 Å². The molecule has 3 atom stereocenters. The predicted molar refractivity (Wildman–Crippen MR) is 103 cm³/mol. The van der Waals surface area contributed by atoms with E-state index < -0.39 is 11.7 Å². The summed E-state index contributed by atoms with van der Waals surface area (Å²) in [5.74, 6) is -0.512. The zero-order chi connectivity index (χ0) is 18.8. The van der Waals surface area contributed by atoms with Gasteiger partial charge in [-0.15, -0.1) is 0 Å². The Morgan fingerprint density at radius 3 is 2.89 bits per heavy atom. The van der Waals surface area contributed by atoms with Gasteiger partial charge in [-0.1, -0.05) is 25.1 Å². The smallest absolute Gasteiger partial charge is 0.360 e. The molecular weight excluding hydrogens is 340 g/mol. The van der Waals surface area contributed by atoms with Gasteiger partial charge in [0.15, 0.2) is 0 Å². The van der Waals surface area contributed by atoms with Crippen LogP contribution in [0.5, 0.6) is 0 Å². The van der Waals surface area contributed by atoms with Crippen molar-refractivity contribution in [1.29, 1.82) is 0 Å². The molecule has 1 aromatic heterocycles. The zero-order valence-corrected chi connectivity index (χ0v) is 16.2. The lowest BCUT2D eigenvalue weighted by molar-refractivity contribution is -0.196. The standard InChI is InChI=1S/C22H28N2O3/c1-3-21-11-7-12-23-13-10-16-15-8-5-6-9-17(15)24(18(16)19(21)23)22(26,14-21)20(25)27-4-2/h5-6,8-9,19,26H,3-4,7,10-14H2,1-2H3/t19?,21-,22-/m0/s1. The van der Waals surface area contributed by atoms with Gasteiger partial charge in [0, 0.05) is 24.0 Å². The van der Waals surface area contributed by atoms with Crippen LogP contribution < -0.4 is 0 Å². The Bertz CT molecular complexity index is 920. The quantitative estimate of drug-likeness (QED) is 0.845. The van der Waals surface area contributed by atoms with Gasteiger partial charge in [-0.3, -0.25) is 4.90 Å². The average Bonchev–Trinajstić information content (AvgIpc) is 3.03. The number of aliphatic hydroxyl groups is 1. The van der Waals surface area contributed by atoms with Crippen LogP contribution in [-0.4, -0.2) is 40.2 Å². The van der Waals surface area contributed by atoms with Gasteiger partial charge in [0.2, 0.25) is 5.72 Å². The summed E-state index contributed by atoms with van der Waals surface area (Å²) in [6.45, 7) is 6.45. The minimum Gasteiger partial charge on any atom is -0.462 e. The Morgan fingerprint density at radius 2 is 2.11 bits per heavy atom. The monoisotopic (exact) mass is 368 g/mol. The minimum absolute atomic E-state index is 0.0840. The van der Waals surface area contributed by atoms with E-state index in [0.29, 0.717) is 6.42 Å². The number of hydrogen-bond donors (Lipinski definition) is 1. The van der Waals surface area contributed by atoms with Crippen LogP contribution in [0.25, 0.3) is 10.9 Å². The fourth-order valence-electron chi connectivity index (χ4n) is 6.18. The van der Waals surface area contributed by atoms with E-state index >= 15 is 0 Å². The highest BCUT2D eigenvalue weighted by molar-refractivity contribution is 5.90. The molecule has 0 saturated carbocycles. The molecular formula is C22H28N2O3.